The lowest BCUT2D eigenvalue weighted by Crippen LogP contribution is -2.07. The number of benzene rings is 2. The molecule has 0 saturated heterocycles. The Hall–Kier alpha value is -3.22. The van der Waals surface area contributed by atoms with E-state index in [1.807, 2.05) is 30.3 Å². The van der Waals surface area contributed by atoms with Crippen molar-refractivity contribution in [3.05, 3.63) is 71.1 Å². The topological polar surface area (TPSA) is 72.6 Å². The molecule has 7 heteroatoms. The molecule has 3 rings (SSSR count). The molecule has 3 aromatic rings. The molecule has 1 heterocycles. The van der Waals surface area contributed by atoms with Crippen LogP contribution in [0, 0.1) is 18.6 Å². The van der Waals surface area contributed by atoms with Crippen molar-refractivity contribution in [2.75, 3.05) is 6.61 Å². The summed E-state index contributed by atoms with van der Waals surface area (Å²) in [6.45, 7) is 1.88. The van der Waals surface area contributed by atoms with Crippen LogP contribution in [-0.2, 0) is 6.42 Å². The van der Waals surface area contributed by atoms with E-state index in [4.69, 9.17) is 14.3 Å². The summed E-state index contributed by atoms with van der Waals surface area (Å²) < 4.78 is 38.2. The maximum Gasteiger partial charge on any atom is 0.341 e. The van der Waals surface area contributed by atoms with E-state index in [1.165, 1.54) is 0 Å². The van der Waals surface area contributed by atoms with E-state index in [-0.39, 0.29) is 12.4 Å². The van der Waals surface area contributed by atoms with E-state index >= 15 is 0 Å². The molecule has 0 spiro atoms. The molecule has 1 N–H and O–H groups in total. The third-order valence-electron chi connectivity index (χ3n) is 3.75. The second-order valence-electron chi connectivity index (χ2n) is 5.55. The number of nitrogens with zero attached hydrogens (tertiary/aromatic N) is 1. The Morgan fingerprint density at radius 1 is 1.19 bits per heavy atom. The summed E-state index contributed by atoms with van der Waals surface area (Å²) in [7, 11) is 0. The Kier molecular flexibility index (Phi) is 4.97. The summed E-state index contributed by atoms with van der Waals surface area (Å²) in [4.78, 5) is 15.2. The van der Waals surface area contributed by atoms with E-state index in [1.54, 1.807) is 6.92 Å². The molecule has 0 aliphatic rings. The predicted octanol–water partition coefficient (Wildman–Crippen LogP) is 4.25. The second-order valence-corrected chi connectivity index (χ2v) is 5.55. The standard InChI is InChI=1S/C19H15F2NO4/c1-11-16(22-18(26-11)12-5-3-2-4-6-12)7-8-25-13-9-14(20)17(19(23)24)15(21)10-13/h2-6,9-10H,7-8H2,1H3,(H,23,24). The predicted molar refractivity (Wildman–Crippen MR) is 89.2 cm³/mol. The zero-order chi connectivity index (χ0) is 18.7. The monoisotopic (exact) mass is 359 g/mol. The van der Waals surface area contributed by atoms with Gasteiger partial charge in [0, 0.05) is 24.1 Å². The van der Waals surface area contributed by atoms with Crippen LogP contribution in [0.15, 0.2) is 46.9 Å². The largest absolute Gasteiger partial charge is 0.493 e. The van der Waals surface area contributed by atoms with Gasteiger partial charge in [0.05, 0.1) is 12.3 Å². The van der Waals surface area contributed by atoms with Crippen molar-refractivity contribution in [3.8, 4) is 17.2 Å². The number of aromatic nitrogens is 1. The lowest BCUT2D eigenvalue weighted by molar-refractivity contribution is 0.0686. The van der Waals surface area contributed by atoms with Crippen molar-refractivity contribution in [3.63, 3.8) is 0 Å². The third kappa shape index (κ3) is 3.72. The molecular formula is C19H15F2NO4. The molecule has 0 unspecified atom stereocenters. The summed E-state index contributed by atoms with van der Waals surface area (Å²) in [6, 6.07) is 11.1. The van der Waals surface area contributed by atoms with Crippen molar-refractivity contribution < 1.29 is 27.8 Å². The number of oxazole rings is 1. The fraction of sp³-hybridized carbons (Fsp3) is 0.158. The highest BCUT2D eigenvalue weighted by Crippen LogP contribution is 2.23. The first-order valence-corrected chi connectivity index (χ1v) is 7.82. The number of ether oxygens (including phenoxy) is 1. The van der Waals surface area contributed by atoms with Crippen LogP contribution in [0.25, 0.3) is 11.5 Å². The van der Waals surface area contributed by atoms with Crippen LogP contribution in [-0.4, -0.2) is 22.7 Å². The number of halogens is 2. The first-order chi connectivity index (χ1) is 12.5. The highest BCUT2D eigenvalue weighted by molar-refractivity contribution is 5.88. The molecule has 0 aliphatic carbocycles. The zero-order valence-electron chi connectivity index (χ0n) is 13.8. The summed E-state index contributed by atoms with van der Waals surface area (Å²) in [5, 5.41) is 8.75. The van der Waals surface area contributed by atoms with Gasteiger partial charge in [0.15, 0.2) is 0 Å². The minimum atomic E-state index is -1.67. The maximum atomic E-state index is 13.6. The van der Waals surface area contributed by atoms with Crippen LogP contribution >= 0.6 is 0 Å². The van der Waals surface area contributed by atoms with Gasteiger partial charge in [0.2, 0.25) is 5.89 Å². The molecule has 0 atom stereocenters. The van der Waals surface area contributed by atoms with E-state index in [0.29, 0.717) is 23.8 Å². The number of aromatic carboxylic acids is 1. The quantitative estimate of drug-likeness (QED) is 0.712. The molecule has 0 fully saturated rings. The van der Waals surface area contributed by atoms with Crippen LogP contribution in [0.4, 0.5) is 8.78 Å². The summed E-state index contributed by atoms with van der Waals surface area (Å²) >= 11 is 0. The van der Waals surface area contributed by atoms with Gasteiger partial charge in [-0.2, -0.15) is 0 Å². The minimum absolute atomic E-state index is 0.0885. The molecular weight excluding hydrogens is 344 g/mol. The van der Waals surface area contributed by atoms with Gasteiger partial charge in [-0.15, -0.1) is 0 Å². The molecule has 0 aliphatic heterocycles. The lowest BCUT2D eigenvalue weighted by Gasteiger charge is -2.07. The molecule has 26 heavy (non-hydrogen) atoms. The van der Waals surface area contributed by atoms with Crippen molar-refractivity contribution >= 4 is 5.97 Å². The molecule has 0 saturated carbocycles. The minimum Gasteiger partial charge on any atom is -0.493 e. The van der Waals surface area contributed by atoms with E-state index in [2.05, 4.69) is 4.98 Å². The Morgan fingerprint density at radius 3 is 2.46 bits per heavy atom. The van der Waals surface area contributed by atoms with Crippen LogP contribution < -0.4 is 4.74 Å². The zero-order valence-corrected chi connectivity index (χ0v) is 13.8. The molecule has 0 amide bonds. The van der Waals surface area contributed by atoms with E-state index in [0.717, 1.165) is 17.7 Å². The van der Waals surface area contributed by atoms with Crippen molar-refractivity contribution in [1.29, 1.82) is 0 Å². The van der Waals surface area contributed by atoms with Crippen LogP contribution in [0.3, 0.4) is 0 Å². The number of hydrogen-bond donors (Lipinski definition) is 1. The van der Waals surface area contributed by atoms with Gasteiger partial charge in [-0.05, 0) is 19.1 Å². The smallest absolute Gasteiger partial charge is 0.341 e. The number of carboxylic acid groups (broad SMARTS) is 1. The first kappa shape index (κ1) is 17.6. The van der Waals surface area contributed by atoms with E-state index in [9.17, 15) is 13.6 Å². The number of hydrogen-bond acceptors (Lipinski definition) is 4. The van der Waals surface area contributed by atoms with Gasteiger partial charge < -0.3 is 14.3 Å². The Balaban J connectivity index is 1.67. The van der Waals surface area contributed by atoms with Gasteiger partial charge in [-0.1, -0.05) is 18.2 Å². The molecule has 1 aromatic heterocycles. The molecule has 2 aromatic carbocycles. The normalized spacial score (nSPS) is 10.7. The molecule has 5 nitrogen and oxygen atoms in total. The van der Waals surface area contributed by atoms with Crippen molar-refractivity contribution in [1.82, 2.24) is 4.98 Å². The van der Waals surface area contributed by atoms with Gasteiger partial charge in [0.1, 0.15) is 28.7 Å². The number of rotatable bonds is 6. The van der Waals surface area contributed by atoms with Crippen LogP contribution in [0.1, 0.15) is 21.8 Å². The summed E-state index contributed by atoms with van der Waals surface area (Å²) in [5.74, 6) is -3.01. The molecule has 0 radical (unpaired) electrons. The van der Waals surface area contributed by atoms with Gasteiger partial charge in [-0.3, -0.25) is 0 Å². The average Bonchev–Trinajstić information content (AvgIpc) is 2.96. The molecule has 0 bridgehead atoms. The maximum absolute atomic E-state index is 13.6. The van der Waals surface area contributed by atoms with E-state index < -0.39 is 23.2 Å². The van der Waals surface area contributed by atoms with Crippen LogP contribution in [0.5, 0.6) is 5.75 Å². The SMILES string of the molecule is Cc1oc(-c2ccccc2)nc1CCOc1cc(F)c(C(=O)O)c(F)c1. The highest BCUT2D eigenvalue weighted by Gasteiger charge is 2.18. The highest BCUT2D eigenvalue weighted by atomic mass is 19.1. The average molecular weight is 359 g/mol. The molecule has 134 valence electrons. The Labute approximate surface area is 147 Å². The second kappa shape index (κ2) is 7.35. The summed E-state index contributed by atoms with van der Waals surface area (Å²) in [6.07, 6.45) is 0.367. The fourth-order valence-corrected chi connectivity index (χ4v) is 2.47. The lowest BCUT2D eigenvalue weighted by atomic mass is 10.2. The number of carbonyl (C=O) groups is 1. The summed E-state index contributed by atoms with van der Waals surface area (Å²) in [5.41, 5.74) is 0.514. The van der Waals surface area contributed by atoms with Gasteiger partial charge in [-0.25, -0.2) is 18.6 Å². The Morgan fingerprint density at radius 2 is 1.85 bits per heavy atom. The van der Waals surface area contributed by atoms with Crippen molar-refractivity contribution in [2.45, 2.75) is 13.3 Å². The number of aryl methyl sites for hydroxylation is 1. The third-order valence-corrected chi connectivity index (χ3v) is 3.75. The van der Waals surface area contributed by atoms with Crippen molar-refractivity contribution in [2.24, 2.45) is 0 Å². The first-order valence-electron chi connectivity index (χ1n) is 7.82. The van der Waals surface area contributed by atoms with Crippen LogP contribution in [0.2, 0.25) is 0 Å². The fourth-order valence-electron chi connectivity index (χ4n) is 2.47. The van der Waals surface area contributed by atoms with Gasteiger partial charge in [0.25, 0.3) is 0 Å². The Bertz CT molecular complexity index is 915. The number of carboxylic acids is 1. The van der Waals surface area contributed by atoms with Gasteiger partial charge >= 0.3 is 5.97 Å².